The molecule has 4 heteroatoms. The van der Waals surface area contributed by atoms with E-state index in [0.29, 0.717) is 11.5 Å². The Kier molecular flexibility index (Phi) is 8.20. The van der Waals surface area contributed by atoms with Gasteiger partial charge in [-0.3, -0.25) is 4.79 Å². The van der Waals surface area contributed by atoms with Gasteiger partial charge in [0.1, 0.15) is 0 Å². The highest BCUT2D eigenvalue weighted by molar-refractivity contribution is 6.72. The minimum Gasteiger partial charge on any atom is -0.413 e. The SMILES string of the molecule is C=C1C(=C)[C@H]2[C@@H]3C(O)C=C4CC(O[Si](Cc5ccccc5)(Cc5ccccc5)Cc5ccccc5)CC[C@]4(C)[C@@H]3CC[C@]2(C)C1=O. The Morgan fingerprint density at radius 3 is 1.80 bits per heavy atom. The summed E-state index contributed by atoms with van der Waals surface area (Å²) in [6, 6.07) is 35.6. The molecule has 4 aliphatic rings. The summed E-state index contributed by atoms with van der Waals surface area (Å²) in [6.07, 6.45) is 6.38. The lowest BCUT2D eigenvalue weighted by Crippen LogP contribution is -2.56. The van der Waals surface area contributed by atoms with E-state index in [4.69, 9.17) is 4.43 Å². The molecular formula is C42H48O3Si. The van der Waals surface area contributed by atoms with Gasteiger partial charge < -0.3 is 9.53 Å². The smallest absolute Gasteiger partial charge is 0.206 e. The van der Waals surface area contributed by atoms with Crippen molar-refractivity contribution < 1.29 is 14.3 Å². The van der Waals surface area contributed by atoms with Crippen molar-refractivity contribution in [3.63, 3.8) is 0 Å². The van der Waals surface area contributed by atoms with Gasteiger partial charge >= 0.3 is 0 Å². The average Bonchev–Trinajstić information content (AvgIpc) is 3.23. The standard InChI is InChI=1S/C42H48O3Si/c1-29-30(2)40(44)42(4)23-21-36-38(39(29)42)37(43)25-34-24-35(20-22-41(34,36)3)45-46(26-31-14-8-5-9-15-31,27-32-16-10-6-11-17-32)28-33-18-12-7-13-19-33/h5-19,25,35-39,43H,1-2,20-24,26-28H2,3-4H3/t35?,36-,37?,38+,39+,41+,42+/m1/s1. The molecular weight excluding hydrogens is 581 g/mol. The maximum atomic E-state index is 13.3. The monoisotopic (exact) mass is 628 g/mol. The summed E-state index contributed by atoms with van der Waals surface area (Å²) < 4.78 is 7.63. The Labute approximate surface area is 276 Å². The van der Waals surface area contributed by atoms with E-state index in [0.717, 1.165) is 55.8 Å². The summed E-state index contributed by atoms with van der Waals surface area (Å²) in [5.74, 6) is 0.426. The summed E-state index contributed by atoms with van der Waals surface area (Å²) >= 11 is 0. The third-order valence-corrected chi connectivity index (χ3v) is 16.3. The molecule has 3 saturated carbocycles. The first-order valence-corrected chi connectivity index (χ1v) is 19.8. The maximum absolute atomic E-state index is 13.3. The Bertz CT molecular complexity index is 1540. The number of fused-ring (bicyclic) bond motifs is 5. The van der Waals surface area contributed by atoms with Crippen LogP contribution in [0.2, 0.25) is 0 Å². The molecule has 3 fully saturated rings. The molecule has 46 heavy (non-hydrogen) atoms. The van der Waals surface area contributed by atoms with Crippen molar-refractivity contribution in [2.45, 2.75) is 76.3 Å². The van der Waals surface area contributed by atoms with Gasteiger partial charge in [0, 0.05) is 23.0 Å². The number of benzene rings is 3. The lowest BCUT2D eigenvalue weighted by Gasteiger charge is -2.58. The fourth-order valence-corrected chi connectivity index (χ4v) is 14.5. The number of carbonyl (C=O) groups excluding carboxylic acids is 1. The molecule has 0 aromatic heterocycles. The topological polar surface area (TPSA) is 46.5 Å². The second-order valence-corrected chi connectivity index (χ2v) is 18.9. The number of hydrogen-bond donors (Lipinski definition) is 1. The number of rotatable bonds is 8. The highest BCUT2D eigenvalue weighted by Crippen LogP contribution is 2.65. The predicted octanol–water partition coefficient (Wildman–Crippen LogP) is 8.50. The molecule has 0 radical (unpaired) electrons. The molecule has 0 spiro atoms. The molecule has 1 N–H and O–H groups in total. The molecule has 7 atom stereocenters. The quantitative estimate of drug-likeness (QED) is 0.155. The van der Waals surface area contributed by atoms with Crippen molar-refractivity contribution in [1.82, 2.24) is 0 Å². The summed E-state index contributed by atoms with van der Waals surface area (Å²) in [5.41, 5.74) is 6.32. The number of carbonyl (C=O) groups is 1. The third-order valence-electron chi connectivity index (χ3n) is 12.3. The molecule has 0 bridgehead atoms. The van der Waals surface area contributed by atoms with Crippen LogP contribution in [0.1, 0.15) is 62.6 Å². The van der Waals surface area contributed by atoms with Crippen LogP contribution in [0.25, 0.3) is 0 Å². The molecule has 3 nitrogen and oxygen atoms in total. The van der Waals surface area contributed by atoms with Crippen molar-refractivity contribution in [3.05, 3.63) is 144 Å². The number of ketones is 1. The van der Waals surface area contributed by atoms with Gasteiger partial charge in [0.25, 0.3) is 0 Å². The van der Waals surface area contributed by atoms with E-state index in [9.17, 15) is 9.90 Å². The summed E-state index contributed by atoms with van der Waals surface area (Å²) in [4.78, 5) is 13.3. The zero-order valence-corrected chi connectivity index (χ0v) is 28.5. The maximum Gasteiger partial charge on any atom is 0.206 e. The van der Waals surface area contributed by atoms with Crippen LogP contribution in [0, 0.1) is 28.6 Å². The van der Waals surface area contributed by atoms with E-state index in [1.54, 1.807) is 0 Å². The molecule has 0 aliphatic heterocycles. The third kappa shape index (κ3) is 5.42. The van der Waals surface area contributed by atoms with Crippen LogP contribution < -0.4 is 0 Å². The van der Waals surface area contributed by atoms with E-state index in [1.807, 2.05) is 0 Å². The zero-order valence-electron chi connectivity index (χ0n) is 27.5. The Hall–Kier alpha value is -3.31. The number of allylic oxidation sites excluding steroid dienone is 2. The minimum atomic E-state index is -2.44. The molecule has 7 rings (SSSR count). The van der Waals surface area contributed by atoms with Crippen LogP contribution in [-0.2, 0) is 27.4 Å². The number of aliphatic hydroxyl groups excluding tert-OH is 1. The molecule has 0 saturated heterocycles. The van der Waals surface area contributed by atoms with Gasteiger partial charge in [-0.15, -0.1) is 0 Å². The second-order valence-electron chi connectivity index (χ2n) is 15.2. The van der Waals surface area contributed by atoms with E-state index >= 15 is 0 Å². The van der Waals surface area contributed by atoms with Crippen molar-refractivity contribution in [2.75, 3.05) is 0 Å². The summed E-state index contributed by atoms with van der Waals surface area (Å²) in [7, 11) is -2.44. The van der Waals surface area contributed by atoms with E-state index in [1.165, 1.54) is 22.3 Å². The molecule has 3 aromatic rings. The van der Waals surface area contributed by atoms with Gasteiger partial charge in [-0.2, -0.15) is 0 Å². The average molecular weight is 629 g/mol. The Morgan fingerprint density at radius 2 is 1.28 bits per heavy atom. The van der Waals surface area contributed by atoms with E-state index in [-0.39, 0.29) is 29.1 Å². The lowest BCUT2D eigenvalue weighted by molar-refractivity contribution is -0.133. The van der Waals surface area contributed by atoms with Crippen LogP contribution in [0.4, 0.5) is 0 Å². The highest BCUT2D eigenvalue weighted by atomic mass is 28.4. The number of aliphatic hydroxyl groups is 1. The van der Waals surface area contributed by atoms with E-state index in [2.05, 4.69) is 124 Å². The minimum absolute atomic E-state index is 0.00313. The van der Waals surface area contributed by atoms with Crippen molar-refractivity contribution in [1.29, 1.82) is 0 Å². The molecule has 238 valence electrons. The fraction of sp³-hybridized carbons (Fsp3) is 0.405. The zero-order chi connectivity index (χ0) is 32.1. The highest BCUT2D eigenvalue weighted by Gasteiger charge is 2.63. The van der Waals surface area contributed by atoms with Crippen molar-refractivity contribution in [3.8, 4) is 0 Å². The van der Waals surface area contributed by atoms with Gasteiger partial charge in [0.2, 0.25) is 8.32 Å². The van der Waals surface area contributed by atoms with Gasteiger partial charge in [-0.1, -0.05) is 130 Å². The molecule has 4 aliphatic carbocycles. The van der Waals surface area contributed by atoms with Crippen LogP contribution in [0.5, 0.6) is 0 Å². The fourth-order valence-electron chi connectivity index (χ4n) is 10.1. The predicted molar refractivity (Wildman–Crippen MR) is 188 cm³/mol. The van der Waals surface area contributed by atoms with Crippen LogP contribution in [0.3, 0.4) is 0 Å². The first-order valence-electron chi connectivity index (χ1n) is 17.2. The number of Topliss-reactive ketones (excluding diaryl/α,β-unsaturated/α-hetero) is 1. The van der Waals surface area contributed by atoms with Crippen LogP contribution in [0.15, 0.2) is 127 Å². The van der Waals surface area contributed by atoms with Crippen LogP contribution in [-0.4, -0.2) is 31.4 Å². The Morgan fingerprint density at radius 1 is 0.783 bits per heavy atom. The Balaban J connectivity index is 1.21. The second kappa shape index (κ2) is 12.0. The number of hydrogen-bond acceptors (Lipinski definition) is 3. The molecule has 2 unspecified atom stereocenters. The summed E-state index contributed by atoms with van der Waals surface area (Å²) in [5, 5.41) is 11.8. The largest absolute Gasteiger partial charge is 0.413 e. The van der Waals surface area contributed by atoms with Gasteiger partial charge in [0.15, 0.2) is 5.78 Å². The van der Waals surface area contributed by atoms with Crippen molar-refractivity contribution in [2.24, 2.45) is 28.6 Å². The van der Waals surface area contributed by atoms with Gasteiger partial charge in [-0.05, 0) is 89.8 Å². The van der Waals surface area contributed by atoms with Gasteiger partial charge in [-0.25, -0.2) is 0 Å². The molecule has 0 amide bonds. The normalized spacial score (nSPS) is 32.4. The van der Waals surface area contributed by atoms with E-state index < -0.39 is 19.8 Å². The molecule has 0 heterocycles. The first kappa shape index (κ1) is 31.3. The van der Waals surface area contributed by atoms with Crippen LogP contribution >= 0.6 is 0 Å². The molecule has 3 aromatic carbocycles. The van der Waals surface area contributed by atoms with Crippen molar-refractivity contribution >= 4 is 14.1 Å². The summed E-state index contributed by atoms with van der Waals surface area (Å²) in [6.45, 7) is 13.0. The first-order chi connectivity index (χ1) is 22.1. The lowest BCUT2D eigenvalue weighted by atomic mass is 9.47. The van der Waals surface area contributed by atoms with Gasteiger partial charge in [0.05, 0.1) is 6.10 Å².